The summed E-state index contributed by atoms with van der Waals surface area (Å²) in [6, 6.07) is 0. The van der Waals surface area contributed by atoms with E-state index < -0.39 is 0 Å². The number of aromatic nitrogens is 1. The van der Waals surface area contributed by atoms with Crippen LogP contribution in [0.1, 0.15) is 17.3 Å². The summed E-state index contributed by atoms with van der Waals surface area (Å²) in [5.41, 5.74) is 0.922. The Hall–Kier alpha value is -0.910. The van der Waals surface area contributed by atoms with E-state index >= 15 is 0 Å². The number of aliphatic hydroxyl groups excluding tert-OH is 1. The molecule has 0 radical (unpaired) electrons. The van der Waals surface area contributed by atoms with Crippen molar-refractivity contribution < 1.29 is 14.3 Å². The normalized spacial score (nSPS) is 11.3. The molecule has 0 fully saturated rings. The van der Waals surface area contributed by atoms with Crippen molar-refractivity contribution in [3.05, 3.63) is 17.3 Å². The van der Waals surface area contributed by atoms with Gasteiger partial charge in [-0.1, -0.05) is 0 Å². The Labute approximate surface area is 96.0 Å². The second kappa shape index (κ2) is 6.62. The predicted octanol–water partition coefficient (Wildman–Crippen LogP) is 0.732. The highest BCUT2D eigenvalue weighted by atomic mass is 16.5. The first-order valence-electron chi connectivity index (χ1n) is 5.42. The van der Waals surface area contributed by atoms with E-state index in [-0.39, 0.29) is 6.61 Å². The standard InChI is InChI=1S/C11H20N2O3/c1-9-10(2)16-11(12-9)8-13(4-6-14)5-7-15-3/h14H,4-8H2,1-3H3. The van der Waals surface area contributed by atoms with E-state index in [4.69, 9.17) is 14.3 Å². The van der Waals surface area contributed by atoms with Gasteiger partial charge in [0.25, 0.3) is 0 Å². The zero-order valence-corrected chi connectivity index (χ0v) is 10.2. The summed E-state index contributed by atoms with van der Waals surface area (Å²) in [5.74, 6) is 1.55. The van der Waals surface area contributed by atoms with Gasteiger partial charge in [-0.3, -0.25) is 4.90 Å². The average molecular weight is 228 g/mol. The molecule has 0 bridgehead atoms. The molecule has 5 nitrogen and oxygen atoms in total. The molecular weight excluding hydrogens is 208 g/mol. The van der Waals surface area contributed by atoms with Crippen LogP contribution in [0.5, 0.6) is 0 Å². The van der Waals surface area contributed by atoms with Gasteiger partial charge in [-0.2, -0.15) is 0 Å². The molecule has 0 atom stereocenters. The van der Waals surface area contributed by atoms with Crippen molar-refractivity contribution in [2.24, 2.45) is 0 Å². The minimum atomic E-state index is 0.127. The Morgan fingerprint density at radius 3 is 2.62 bits per heavy atom. The third kappa shape index (κ3) is 3.92. The second-order valence-corrected chi connectivity index (χ2v) is 3.74. The van der Waals surface area contributed by atoms with Crippen molar-refractivity contribution in [1.82, 2.24) is 9.88 Å². The number of nitrogens with zero attached hydrogens (tertiary/aromatic N) is 2. The van der Waals surface area contributed by atoms with Gasteiger partial charge in [-0.05, 0) is 13.8 Å². The number of methoxy groups -OCH3 is 1. The maximum atomic E-state index is 8.94. The fourth-order valence-electron chi connectivity index (χ4n) is 1.43. The maximum Gasteiger partial charge on any atom is 0.208 e. The van der Waals surface area contributed by atoms with E-state index in [0.717, 1.165) is 18.0 Å². The van der Waals surface area contributed by atoms with Crippen LogP contribution in [-0.2, 0) is 11.3 Å². The van der Waals surface area contributed by atoms with Gasteiger partial charge in [-0.25, -0.2) is 4.98 Å². The molecule has 1 rings (SSSR count). The largest absolute Gasteiger partial charge is 0.444 e. The minimum absolute atomic E-state index is 0.127. The van der Waals surface area contributed by atoms with Gasteiger partial charge >= 0.3 is 0 Å². The van der Waals surface area contributed by atoms with Crippen LogP contribution < -0.4 is 0 Å². The summed E-state index contributed by atoms with van der Waals surface area (Å²) in [6.45, 7) is 6.56. The Morgan fingerprint density at radius 1 is 1.38 bits per heavy atom. The van der Waals surface area contributed by atoms with Gasteiger partial charge < -0.3 is 14.3 Å². The van der Waals surface area contributed by atoms with Crippen molar-refractivity contribution in [2.45, 2.75) is 20.4 Å². The van der Waals surface area contributed by atoms with E-state index in [1.54, 1.807) is 7.11 Å². The van der Waals surface area contributed by atoms with Crippen LogP contribution in [-0.4, -0.2) is 48.4 Å². The molecule has 0 aliphatic rings. The molecule has 0 unspecified atom stereocenters. The number of aryl methyl sites for hydroxylation is 2. The lowest BCUT2D eigenvalue weighted by atomic mass is 10.4. The molecule has 1 aromatic heterocycles. The van der Waals surface area contributed by atoms with Crippen molar-refractivity contribution in [1.29, 1.82) is 0 Å². The summed E-state index contributed by atoms with van der Waals surface area (Å²) in [4.78, 5) is 6.36. The zero-order chi connectivity index (χ0) is 12.0. The average Bonchev–Trinajstić information content (AvgIpc) is 2.55. The Bertz CT molecular complexity index is 293. The smallest absolute Gasteiger partial charge is 0.208 e. The third-order valence-electron chi connectivity index (χ3n) is 2.46. The SMILES string of the molecule is COCCN(CCO)Cc1nc(C)c(C)o1. The van der Waals surface area contributed by atoms with Crippen molar-refractivity contribution >= 4 is 0 Å². The minimum Gasteiger partial charge on any atom is -0.444 e. The van der Waals surface area contributed by atoms with Gasteiger partial charge in [0.1, 0.15) is 5.76 Å². The molecule has 1 N–H and O–H groups in total. The summed E-state index contributed by atoms with van der Waals surface area (Å²) >= 11 is 0. The highest BCUT2D eigenvalue weighted by Gasteiger charge is 2.11. The van der Waals surface area contributed by atoms with Gasteiger partial charge in [-0.15, -0.1) is 0 Å². The van der Waals surface area contributed by atoms with Gasteiger partial charge in [0, 0.05) is 20.2 Å². The Kier molecular flexibility index (Phi) is 5.45. The van der Waals surface area contributed by atoms with Crippen molar-refractivity contribution in [3.8, 4) is 0 Å². The summed E-state index contributed by atoms with van der Waals surface area (Å²) < 4.78 is 10.5. The number of aliphatic hydroxyl groups is 1. The zero-order valence-electron chi connectivity index (χ0n) is 10.2. The van der Waals surface area contributed by atoms with Crippen molar-refractivity contribution in [2.75, 3.05) is 33.4 Å². The second-order valence-electron chi connectivity index (χ2n) is 3.74. The lowest BCUT2D eigenvalue weighted by Crippen LogP contribution is -2.29. The van der Waals surface area contributed by atoms with Crippen LogP contribution in [0.25, 0.3) is 0 Å². The number of ether oxygens (including phenoxy) is 1. The van der Waals surface area contributed by atoms with Gasteiger partial charge in [0.05, 0.1) is 25.5 Å². The summed E-state index contributed by atoms with van der Waals surface area (Å²) in [6.07, 6.45) is 0. The molecule has 16 heavy (non-hydrogen) atoms. The van der Waals surface area contributed by atoms with E-state index in [1.807, 2.05) is 18.7 Å². The fraction of sp³-hybridized carbons (Fsp3) is 0.727. The van der Waals surface area contributed by atoms with Crippen LogP contribution in [0.4, 0.5) is 0 Å². The number of rotatable bonds is 7. The summed E-state index contributed by atoms with van der Waals surface area (Å²) in [5, 5.41) is 8.94. The van der Waals surface area contributed by atoms with E-state index in [0.29, 0.717) is 25.6 Å². The molecule has 0 spiro atoms. The Balaban J connectivity index is 2.52. The lowest BCUT2D eigenvalue weighted by molar-refractivity contribution is 0.120. The maximum absolute atomic E-state index is 8.94. The van der Waals surface area contributed by atoms with Crippen LogP contribution in [0.3, 0.4) is 0 Å². The quantitative estimate of drug-likeness (QED) is 0.745. The van der Waals surface area contributed by atoms with Crippen LogP contribution >= 0.6 is 0 Å². The molecular formula is C11H20N2O3. The molecule has 0 aliphatic carbocycles. The molecule has 0 saturated heterocycles. The summed E-state index contributed by atoms with van der Waals surface area (Å²) in [7, 11) is 1.66. The molecule has 0 aromatic carbocycles. The first-order valence-corrected chi connectivity index (χ1v) is 5.42. The number of oxazole rings is 1. The van der Waals surface area contributed by atoms with Gasteiger partial charge in [0.2, 0.25) is 5.89 Å². The number of hydrogen-bond donors (Lipinski definition) is 1. The van der Waals surface area contributed by atoms with E-state index in [9.17, 15) is 0 Å². The molecule has 0 amide bonds. The van der Waals surface area contributed by atoms with Crippen molar-refractivity contribution in [3.63, 3.8) is 0 Å². The fourth-order valence-corrected chi connectivity index (χ4v) is 1.43. The van der Waals surface area contributed by atoms with E-state index in [2.05, 4.69) is 4.98 Å². The molecule has 92 valence electrons. The molecule has 0 aliphatic heterocycles. The van der Waals surface area contributed by atoms with Crippen LogP contribution in [0.15, 0.2) is 4.42 Å². The highest BCUT2D eigenvalue weighted by Crippen LogP contribution is 2.10. The van der Waals surface area contributed by atoms with E-state index in [1.165, 1.54) is 0 Å². The predicted molar refractivity (Wildman–Crippen MR) is 60.2 cm³/mol. The molecule has 5 heteroatoms. The monoisotopic (exact) mass is 228 g/mol. The van der Waals surface area contributed by atoms with Crippen LogP contribution in [0.2, 0.25) is 0 Å². The first-order chi connectivity index (χ1) is 7.67. The van der Waals surface area contributed by atoms with Gasteiger partial charge in [0.15, 0.2) is 0 Å². The first kappa shape index (κ1) is 13.2. The number of hydrogen-bond acceptors (Lipinski definition) is 5. The molecule has 1 heterocycles. The third-order valence-corrected chi connectivity index (χ3v) is 2.46. The van der Waals surface area contributed by atoms with Crippen LogP contribution in [0, 0.1) is 13.8 Å². The molecule has 1 aromatic rings. The lowest BCUT2D eigenvalue weighted by Gasteiger charge is -2.18. The topological polar surface area (TPSA) is 58.7 Å². The molecule has 0 saturated carbocycles. The highest BCUT2D eigenvalue weighted by molar-refractivity contribution is 5.05. The Morgan fingerprint density at radius 2 is 2.12 bits per heavy atom.